The van der Waals surface area contributed by atoms with Gasteiger partial charge in [-0.1, -0.05) is 15.9 Å². The number of nitriles is 1. The van der Waals surface area contributed by atoms with Crippen molar-refractivity contribution in [2.24, 2.45) is 0 Å². The highest BCUT2D eigenvalue weighted by Gasteiger charge is 2.21. The van der Waals surface area contributed by atoms with Gasteiger partial charge in [0.25, 0.3) is 6.43 Å². The number of rotatable bonds is 3. The van der Waals surface area contributed by atoms with Gasteiger partial charge in [-0.25, -0.2) is 13.2 Å². The second kappa shape index (κ2) is 5.12. The van der Waals surface area contributed by atoms with Crippen LogP contribution in [0.5, 0.6) is 0 Å². The number of hydrogen-bond donors (Lipinski definition) is 0. The van der Waals surface area contributed by atoms with E-state index in [9.17, 15) is 13.2 Å². The van der Waals surface area contributed by atoms with E-state index in [0.717, 1.165) is 6.20 Å². The maximum absolute atomic E-state index is 13.4. The highest BCUT2D eigenvalue weighted by Crippen LogP contribution is 2.27. The Kier molecular flexibility index (Phi) is 4.09. The Morgan fingerprint density at radius 3 is 2.67 bits per heavy atom. The van der Waals surface area contributed by atoms with E-state index in [0.29, 0.717) is 0 Å². The fraction of sp³-hybridized carbons (Fsp3) is 0.333. The maximum atomic E-state index is 13.4. The minimum atomic E-state index is -2.94. The molecule has 0 bridgehead atoms. The molecule has 0 unspecified atom stereocenters. The van der Waals surface area contributed by atoms with Crippen molar-refractivity contribution in [3.8, 4) is 6.07 Å². The summed E-state index contributed by atoms with van der Waals surface area (Å²) in [6.07, 6.45) is -2.09. The molecule has 0 aliphatic heterocycles. The first-order valence-electron chi connectivity index (χ1n) is 3.99. The van der Waals surface area contributed by atoms with Gasteiger partial charge in [0, 0.05) is 11.5 Å². The molecule has 2 nitrogen and oxygen atoms in total. The van der Waals surface area contributed by atoms with E-state index < -0.39 is 17.8 Å². The second-order valence-electron chi connectivity index (χ2n) is 2.73. The van der Waals surface area contributed by atoms with Crippen molar-refractivity contribution in [2.75, 3.05) is 0 Å². The molecule has 0 aliphatic rings. The van der Waals surface area contributed by atoms with Crippen molar-refractivity contribution in [1.29, 1.82) is 5.26 Å². The lowest BCUT2D eigenvalue weighted by molar-refractivity contribution is 0.145. The lowest BCUT2D eigenvalue weighted by atomic mass is 10.1. The van der Waals surface area contributed by atoms with Crippen LogP contribution < -0.4 is 0 Å². The van der Waals surface area contributed by atoms with E-state index >= 15 is 0 Å². The first kappa shape index (κ1) is 12.0. The molecule has 0 saturated carbocycles. The molecule has 0 spiro atoms. The molecular weight excluding hydrogens is 273 g/mol. The van der Waals surface area contributed by atoms with Gasteiger partial charge in [0.05, 0.1) is 23.7 Å². The van der Waals surface area contributed by atoms with Gasteiger partial charge in [0.15, 0.2) is 5.82 Å². The number of hydrogen-bond acceptors (Lipinski definition) is 2. The smallest absolute Gasteiger partial charge is 0.257 e. The maximum Gasteiger partial charge on any atom is 0.267 e. The summed E-state index contributed by atoms with van der Waals surface area (Å²) >= 11 is 2.94. The Balaban J connectivity index is 3.32. The predicted octanol–water partition coefficient (Wildman–Crippen LogP) is 3.12. The number of pyridine rings is 1. The van der Waals surface area contributed by atoms with Crippen LogP contribution in [0.3, 0.4) is 0 Å². The largest absolute Gasteiger partial charge is 0.267 e. The van der Waals surface area contributed by atoms with Gasteiger partial charge in [0.1, 0.15) is 0 Å². The van der Waals surface area contributed by atoms with E-state index in [1.165, 1.54) is 0 Å². The SMILES string of the molecule is N#CCc1cnc(CBr)c(F)c1C(F)F. The van der Waals surface area contributed by atoms with Crippen LogP contribution in [0.2, 0.25) is 0 Å². The minimum absolute atomic E-state index is 0.0605. The average Bonchev–Trinajstić information content (AvgIpc) is 2.18. The predicted molar refractivity (Wildman–Crippen MR) is 51.1 cm³/mol. The zero-order valence-electron chi connectivity index (χ0n) is 7.48. The third-order valence-corrected chi connectivity index (χ3v) is 2.36. The standard InChI is InChI=1S/C9H6BrF3N2/c10-3-6-8(11)7(9(12)13)5(1-2-14)4-15-6/h4,9H,1,3H2. The zero-order valence-corrected chi connectivity index (χ0v) is 9.06. The van der Waals surface area contributed by atoms with Crippen LogP contribution in [0.1, 0.15) is 23.2 Å². The Morgan fingerprint density at radius 2 is 2.20 bits per heavy atom. The minimum Gasteiger partial charge on any atom is -0.257 e. The topological polar surface area (TPSA) is 36.7 Å². The third kappa shape index (κ3) is 2.48. The molecular formula is C9H6BrF3N2. The Morgan fingerprint density at radius 1 is 1.53 bits per heavy atom. The van der Waals surface area contributed by atoms with Crippen LogP contribution in [0, 0.1) is 17.1 Å². The number of alkyl halides is 3. The summed E-state index contributed by atoms with van der Waals surface area (Å²) in [5, 5.41) is 8.45. The van der Waals surface area contributed by atoms with Crippen molar-refractivity contribution >= 4 is 15.9 Å². The Hall–Kier alpha value is -1.09. The summed E-state index contributed by atoms with van der Waals surface area (Å²) in [7, 11) is 0. The van der Waals surface area contributed by atoms with Crippen LogP contribution >= 0.6 is 15.9 Å². The molecule has 80 valence electrons. The highest BCUT2D eigenvalue weighted by atomic mass is 79.9. The molecule has 0 fully saturated rings. The van der Waals surface area contributed by atoms with Gasteiger partial charge in [0.2, 0.25) is 0 Å². The lowest BCUT2D eigenvalue weighted by Crippen LogP contribution is -2.04. The van der Waals surface area contributed by atoms with Crippen LogP contribution in [0.15, 0.2) is 6.20 Å². The van der Waals surface area contributed by atoms with Crippen LogP contribution in [0.25, 0.3) is 0 Å². The van der Waals surface area contributed by atoms with E-state index in [4.69, 9.17) is 5.26 Å². The molecule has 1 rings (SSSR count). The van der Waals surface area contributed by atoms with E-state index in [-0.39, 0.29) is 23.0 Å². The van der Waals surface area contributed by atoms with Crippen LogP contribution in [0.4, 0.5) is 13.2 Å². The lowest BCUT2D eigenvalue weighted by Gasteiger charge is -2.09. The highest BCUT2D eigenvalue weighted by molar-refractivity contribution is 9.08. The first-order valence-corrected chi connectivity index (χ1v) is 5.11. The van der Waals surface area contributed by atoms with Gasteiger partial charge in [-0.05, 0) is 5.56 Å². The van der Waals surface area contributed by atoms with Gasteiger partial charge in [-0.2, -0.15) is 5.26 Å². The van der Waals surface area contributed by atoms with Crippen LogP contribution in [-0.4, -0.2) is 4.98 Å². The fourth-order valence-corrected chi connectivity index (χ4v) is 1.52. The molecule has 6 heteroatoms. The summed E-state index contributed by atoms with van der Waals surface area (Å²) in [4.78, 5) is 3.65. The fourth-order valence-electron chi connectivity index (χ4n) is 1.13. The van der Waals surface area contributed by atoms with Crippen molar-refractivity contribution in [3.63, 3.8) is 0 Å². The van der Waals surface area contributed by atoms with Gasteiger partial charge >= 0.3 is 0 Å². The van der Waals surface area contributed by atoms with Crippen molar-refractivity contribution < 1.29 is 13.2 Å². The summed E-state index contributed by atoms with van der Waals surface area (Å²) in [6, 6.07) is 1.69. The number of nitrogens with zero attached hydrogens (tertiary/aromatic N) is 2. The molecule has 0 amide bonds. The molecule has 0 atom stereocenters. The van der Waals surface area contributed by atoms with Crippen molar-refractivity contribution in [3.05, 3.63) is 28.8 Å². The van der Waals surface area contributed by atoms with Crippen molar-refractivity contribution in [1.82, 2.24) is 4.98 Å². The molecule has 0 aliphatic carbocycles. The van der Waals surface area contributed by atoms with Gasteiger partial charge in [-0.3, -0.25) is 4.98 Å². The normalized spacial score (nSPS) is 10.4. The quantitative estimate of drug-likeness (QED) is 0.797. The molecule has 15 heavy (non-hydrogen) atoms. The van der Waals surface area contributed by atoms with E-state index in [1.807, 2.05) is 0 Å². The Labute approximate surface area is 92.9 Å². The van der Waals surface area contributed by atoms with Crippen LogP contribution in [-0.2, 0) is 11.8 Å². The zero-order chi connectivity index (χ0) is 11.4. The second-order valence-corrected chi connectivity index (χ2v) is 3.29. The molecule has 0 saturated heterocycles. The summed E-state index contributed by atoms with van der Waals surface area (Å²) in [5.74, 6) is -1.03. The summed E-state index contributed by atoms with van der Waals surface area (Å²) in [5.41, 5.74) is -0.859. The van der Waals surface area contributed by atoms with Gasteiger partial charge in [-0.15, -0.1) is 0 Å². The van der Waals surface area contributed by atoms with Crippen molar-refractivity contribution in [2.45, 2.75) is 18.2 Å². The summed E-state index contributed by atoms with van der Waals surface area (Å²) < 4.78 is 38.5. The number of aromatic nitrogens is 1. The Bertz CT molecular complexity index is 401. The van der Waals surface area contributed by atoms with E-state index in [1.54, 1.807) is 6.07 Å². The third-order valence-electron chi connectivity index (χ3n) is 1.83. The molecule has 1 aromatic rings. The monoisotopic (exact) mass is 278 g/mol. The molecule has 0 N–H and O–H groups in total. The van der Waals surface area contributed by atoms with E-state index in [2.05, 4.69) is 20.9 Å². The molecule has 0 radical (unpaired) electrons. The first-order chi connectivity index (χ1) is 7.11. The summed E-state index contributed by atoms with van der Waals surface area (Å²) in [6.45, 7) is 0. The molecule has 1 aromatic heterocycles. The molecule has 0 aromatic carbocycles. The van der Waals surface area contributed by atoms with Gasteiger partial charge < -0.3 is 0 Å². The number of halogens is 4. The molecule has 1 heterocycles. The average molecular weight is 279 g/mol.